The average molecular weight is 1120 g/mol. The Morgan fingerprint density at radius 3 is 1.17 bits per heavy atom. The molecule has 0 saturated heterocycles. The van der Waals surface area contributed by atoms with Gasteiger partial charge >= 0.3 is 0 Å². The van der Waals surface area contributed by atoms with E-state index in [1.165, 1.54) is 91.7 Å². The Balaban J connectivity index is 0.775. The molecule has 412 valence electrons. The second-order valence-corrected chi connectivity index (χ2v) is 25.3. The van der Waals surface area contributed by atoms with E-state index in [1.807, 2.05) is 0 Å². The summed E-state index contributed by atoms with van der Waals surface area (Å²) in [5.41, 5.74) is 18.6. The Morgan fingerprint density at radius 1 is 0.287 bits per heavy atom. The highest BCUT2D eigenvalue weighted by molar-refractivity contribution is 5.96. The fourth-order valence-electron chi connectivity index (χ4n) is 16.5. The number of fused-ring (bicyclic) bond motifs is 7. The van der Waals surface area contributed by atoms with Crippen LogP contribution in [0.1, 0.15) is 47.9 Å². The number of benzene rings is 12. The molecule has 1 spiro atoms. The first-order chi connectivity index (χ1) is 42.8. The van der Waals surface area contributed by atoms with E-state index < -0.39 is 0 Å². The number of nitrogens with zero attached hydrogens (tertiary/aromatic N) is 6. The van der Waals surface area contributed by atoms with Gasteiger partial charge in [-0.1, -0.05) is 188 Å². The summed E-state index contributed by atoms with van der Waals surface area (Å²) in [4.78, 5) is 31.8. The lowest BCUT2D eigenvalue weighted by Crippen LogP contribution is -2.40. The predicted octanol–water partition coefficient (Wildman–Crippen LogP) is 20.0. The van der Waals surface area contributed by atoms with E-state index >= 15 is 0 Å². The van der Waals surface area contributed by atoms with E-state index in [0.717, 1.165) is 77.9 Å². The lowest BCUT2D eigenvalue weighted by atomic mass is 9.59. The molecule has 19 rings (SSSR count). The Morgan fingerprint density at radius 2 is 0.701 bits per heavy atom. The molecular weight excluding hydrogens is 1060 g/mol. The van der Waals surface area contributed by atoms with Crippen LogP contribution in [0.3, 0.4) is 0 Å². The maximum atomic E-state index is 5.36. The fraction of sp³-hybridized carbons (Fsp3) is 0.136. The third-order valence-corrected chi connectivity index (χ3v) is 20.1. The van der Waals surface area contributed by atoms with Gasteiger partial charge in [-0.3, -0.25) is 0 Å². The van der Waals surface area contributed by atoms with Gasteiger partial charge in [0.2, 0.25) is 0 Å². The van der Waals surface area contributed by atoms with Crippen molar-refractivity contribution in [3.8, 4) is 102 Å². The van der Waals surface area contributed by atoms with E-state index in [9.17, 15) is 0 Å². The minimum atomic E-state index is -0.0664. The quantitative estimate of drug-likeness (QED) is 0.151. The third-order valence-electron chi connectivity index (χ3n) is 20.1. The molecule has 2 aromatic heterocycles. The summed E-state index contributed by atoms with van der Waals surface area (Å²) in [5.74, 6) is 6.69. The average Bonchev–Trinajstić information content (AvgIpc) is 1.51. The zero-order chi connectivity index (χ0) is 57.5. The molecule has 0 radical (unpaired) electrons. The Kier molecular flexibility index (Phi) is 11.1. The normalized spacial score (nSPS) is 18.8. The van der Waals surface area contributed by atoms with Gasteiger partial charge in [-0.25, -0.2) is 29.9 Å². The van der Waals surface area contributed by atoms with Crippen LogP contribution in [-0.4, -0.2) is 29.9 Å². The molecule has 5 aliphatic rings. The van der Waals surface area contributed by atoms with Gasteiger partial charge in [0.1, 0.15) is 0 Å². The maximum absolute atomic E-state index is 5.36. The number of hydrogen-bond acceptors (Lipinski definition) is 6. The van der Waals surface area contributed by atoms with Crippen LogP contribution in [-0.2, 0) is 5.41 Å². The first-order valence-corrected chi connectivity index (χ1v) is 30.8. The molecule has 14 aromatic rings. The molecule has 4 fully saturated rings. The number of aromatic nitrogens is 6. The summed E-state index contributed by atoms with van der Waals surface area (Å²) in [6.07, 6.45) is 5.25. The summed E-state index contributed by atoms with van der Waals surface area (Å²) in [6.45, 7) is 4.42. The van der Waals surface area contributed by atoms with Crippen molar-refractivity contribution in [2.24, 2.45) is 23.7 Å². The van der Waals surface area contributed by atoms with Gasteiger partial charge in [-0.2, -0.15) is 0 Å². The zero-order valence-electron chi connectivity index (χ0n) is 48.4. The minimum absolute atomic E-state index is 0.0664. The Hall–Kier alpha value is -10.3. The zero-order valence-corrected chi connectivity index (χ0v) is 48.4. The maximum Gasteiger partial charge on any atom is 0.164 e. The van der Waals surface area contributed by atoms with E-state index in [4.69, 9.17) is 29.9 Å². The molecule has 4 bridgehead atoms. The third kappa shape index (κ3) is 8.14. The first-order valence-electron chi connectivity index (χ1n) is 30.8. The van der Waals surface area contributed by atoms with Gasteiger partial charge in [0.15, 0.2) is 34.9 Å². The lowest BCUT2D eigenvalue weighted by Gasteiger charge is -2.44. The van der Waals surface area contributed by atoms with Crippen LogP contribution in [0.25, 0.3) is 145 Å². The molecule has 5 atom stereocenters. The topological polar surface area (TPSA) is 77.3 Å². The molecule has 5 aliphatic carbocycles. The largest absolute Gasteiger partial charge is 0.208 e. The molecule has 4 saturated carbocycles. The van der Waals surface area contributed by atoms with Gasteiger partial charge < -0.3 is 0 Å². The molecule has 12 aromatic carbocycles. The van der Waals surface area contributed by atoms with Crippen molar-refractivity contribution in [3.05, 3.63) is 265 Å². The second kappa shape index (κ2) is 19.4. The Labute approximate surface area is 505 Å². The van der Waals surface area contributed by atoms with Gasteiger partial charge in [0.05, 0.1) is 0 Å². The fourth-order valence-corrected chi connectivity index (χ4v) is 16.5. The molecule has 6 heteroatoms. The summed E-state index contributed by atoms with van der Waals surface area (Å²) < 4.78 is 0. The van der Waals surface area contributed by atoms with E-state index in [-0.39, 0.29) is 5.41 Å². The standard InChI is InChI=1S/C81H58N6/c1-47-32-63(43-66(34-47)79-84-75(59-26-22-50-12-3-7-16-54(50)39-59)82-76(85-79)60-27-23-51-13-4-8-17-55(51)40-60)58-30-31-70-73(46-58)81(68-37-49-36-65(45-68)72(81)38-49)71-21-11-20-69(74(70)71)64-33-48(2)35-67(44-64)80-86-77(61-28-24-52-14-5-9-18-56(52)41-61)83-78(87-80)62-29-25-53-15-6-10-19-57(53)42-62/h3-35,39-44,46,49,65,68,72H,36-38,45H2,1-2H3. The van der Waals surface area contributed by atoms with Crippen molar-refractivity contribution in [2.75, 3.05) is 0 Å². The molecule has 0 N–H and O–H groups in total. The van der Waals surface area contributed by atoms with Gasteiger partial charge in [0, 0.05) is 38.8 Å². The van der Waals surface area contributed by atoms with Crippen molar-refractivity contribution >= 4 is 43.1 Å². The van der Waals surface area contributed by atoms with Crippen LogP contribution in [0.2, 0.25) is 0 Å². The lowest BCUT2D eigenvalue weighted by molar-refractivity contribution is 0.191. The van der Waals surface area contributed by atoms with Crippen LogP contribution < -0.4 is 0 Å². The molecule has 87 heavy (non-hydrogen) atoms. The number of hydrogen-bond donors (Lipinski definition) is 0. The van der Waals surface area contributed by atoms with Crippen LogP contribution in [0, 0.1) is 37.5 Å². The number of aryl methyl sites for hydroxylation is 2. The Bertz CT molecular complexity index is 5020. The molecular formula is C81H58N6. The van der Waals surface area contributed by atoms with Crippen LogP contribution in [0.15, 0.2) is 243 Å². The van der Waals surface area contributed by atoms with Gasteiger partial charge in [-0.05, 0) is 217 Å². The minimum Gasteiger partial charge on any atom is -0.208 e. The number of rotatable bonds is 8. The molecule has 0 aliphatic heterocycles. The summed E-state index contributed by atoms with van der Waals surface area (Å²) in [5, 5.41) is 9.32. The highest BCUT2D eigenvalue weighted by atomic mass is 15.0. The van der Waals surface area contributed by atoms with Gasteiger partial charge in [-0.15, -0.1) is 0 Å². The molecule has 5 unspecified atom stereocenters. The van der Waals surface area contributed by atoms with E-state index in [1.54, 1.807) is 0 Å². The highest BCUT2D eigenvalue weighted by Crippen LogP contribution is 2.73. The highest BCUT2D eigenvalue weighted by Gasteiger charge is 2.66. The summed E-state index contributed by atoms with van der Waals surface area (Å²) >= 11 is 0. The van der Waals surface area contributed by atoms with Gasteiger partial charge in [0.25, 0.3) is 0 Å². The SMILES string of the molecule is Cc1cc(-c2ccc3c(c2)C2(c4cccc(-c5cc(C)cc(-c6nc(-c7ccc8ccccc8c7)nc(-c7ccc8ccccc8c7)n6)c5)c4-3)C3CC4CC(C3)C2C4)cc(-c2nc(-c3ccc4ccccc4c3)nc(-c3ccc4ccccc4c3)n2)c1. The summed E-state index contributed by atoms with van der Waals surface area (Å²) in [6, 6.07) is 88.5. The van der Waals surface area contributed by atoms with Crippen molar-refractivity contribution in [1.29, 1.82) is 0 Å². The van der Waals surface area contributed by atoms with Crippen LogP contribution in [0.5, 0.6) is 0 Å². The van der Waals surface area contributed by atoms with Crippen molar-refractivity contribution in [1.82, 2.24) is 29.9 Å². The second-order valence-electron chi connectivity index (χ2n) is 25.3. The van der Waals surface area contributed by atoms with Crippen LogP contribution >= 0.6 is 0 Å². The van der Waals surface area contributed by atoms with Crippen molar-refractivity contribution in [2.45, 2.75) is 44.9 Å². The smallest absolute Gasteiger partial charge is 0.164 e. The molecule has 2 heterocycles. The van der Waals surface area contributed by atoms with Crippen molar-refractivity contribution < 1.29 is 0 Å². The van der Waals surface area contributed by atoms with E-state index in [0.29, 0.717) is 46.8 Å². The summed E-state index contributed by atoms with van der Waals surface area (Å²) in [7, 11) is 0. The van der Waals surface area contributed by atoms with E-state index in [2.05, 4.69) is 257 Å². The predicted molar refractivity (Wildman–Crippen MR) is 355 cm³/mol. The molecule has 6 nitrogen and oxygen atoms in total. The van der Waals surface area contributed by atoms with Crippen LogP contribution in [0.4, 0.5) is 0 Å². The first kappa shape index (κ1) is 50.1. The van der Waals surface area contributed by atoms with Crippen molar-refractivity contribution in [3.63, 3.8) is 0 Å². The monoisotopic (exact) mass is 1110 g/mol. The molecule has 0 amide bonds.